The molecule has 0 aliphatic rings. The number of alkyl carbamates (subject to hydrolysis) is 3. The summed E-state index contributed by atoms with van der Waals surface area (Å²) in [7, 11) is 0. The summed E-state index contributed by atoms with van der Waals surface area (Å²) in [6.45, 7) is 20.1. The second-order valence-corrected chi connectivity index (χ2v) is 12.0. The summed E-state index contributed by atoms with van der Waals surface area (Å²) < 4.78 is 16.1. The highest BCUT2D eigenvalue weighted by atomic mass is 16.6. The first-order chi connectivity index (χ1) is 16.6. The van der Waals surface area contributed by atoms with Gasteiger partial charge in [-0.1, -0.05) is 20.8 Å². The van der Waals surface area contributed by atoms with Gasteiger partial charge in [0.15, 0.2) is 0 Å². The summed E-state index contributed by atoms with van der Waals surface area (Å²) in [5.41, 5.74) is -4.64. The Morgan fingerprint density at radius 3 is 0.973 bits per heavy atom. The van der Waals surface area contributed by atoms with E-state index in [0.29, 0.717) is 0 Å². The topological polar surface area (TPSA) is 158 Å². The Hall–Kier alpha value is -2.79. The van der Waals surface area contributed by atoms with Crippen LogP contribution in [-0.2, 0) is 14.2 Å². The zero-order valence-corrected chi connectivity index (χ0v) is 24.6. The minimum Gasteiger partial charge on any atom is -0.444 e. The number of amides is 3. The minimum absolute atomic E-state index is 0.0964. The van der Waals surface area contributed by atoms with Crippen molar-refractivity contribution >= 4 is 18.3 Å². The van der Waals surface area contributed by atoms with Crippen LogP contribution in [0.2, 0.25) is 0 Å². The van der Waals surface area contributed by atoms with Gasteiger partial charge in [-0.05, 0) is 81.6 Å². The Labute approximate surface area is 221 Å². The second kappa shape index (κ2) is 13.1. The lowest BCUT2D eigenvalue weighted by Gasteiger charge is -2.43. The fourth-order valence-corrected chi connectivity index (χ4v) is 4.09. The maximum atomic E-state index is 13.1. The van der Waals surface area contributed by atoms with E-state index in [9.17, 15) is 24.5 Å². The number of rotatable bonds is 10. The molecule has 0 aromatic heterocycles. The zero-order valence-electron chi connectivity index (χ0n) is 24.6. The van der Waals surface area contributed by atoms with Crippen LogP contribution in [-0.4, -0.2) is 63.7 Å². The smallest absolute Gasteiger partial charge is 0.408 e. The summed E-state index contributed by atoms with van der Waals surface area (Å²) in [5, 5.41) is 20.9. The van der Waals surface area contributed by atoms with Crippen LogP contribution >= 0.6 is 0 Å². The van der Waals surface area contributed by atoms with Gasteiger partial charge in [0, 0.05) is 4.92 Å². The fraction of sp³-hybridized carbons (Fsp3) is 0.880. The molecule has 0 saturated carbocycles. The molecule has 0 rings (SSSR count). The molecule has 0 aromatic carbocycles. The Morgan fingerprint density at radius 2 is 0.838 bits per heavy atom. The van der Waals surface area contributed by atoms with E-state index in [1.165, 1.54) is 0 Å². The van der Waals surface area contributed by atoms with Crippen molar-refractivity contribution in [2.24, 2.45) is 0 Å². The van der Waals surface area contributed by atoms with Gasteiger partial charge in [0.25, 0.3) is 5.54 Å². The van der Waals surface area contributed by atoms with E-state index >= 15 is 0 Å². The third kappa shape index (κ3) is 11.0. The van der Waals surface area contributed by atoms with Gasteiger partial charge >= 0.3 is 18.3 Å². The highest BCUT2D eigenvalue weighted by molar-refractivity contribution is 5.70. The van der Waals surface area contributed by atoms with Crippen molar-refractivity contribution in [2.45, 2.75) is 143 Å². The number of hydrogen-bond donors (Lipinski definition) is 3. The fourth-order valence-electron chi connectivity index (χ4n) is 4.09. The van der Waals surface area contributed by atoms with Crippen LogP contribution in [0.3, 0.4) is 0 Å². The third-order valence-corrected chi connectivity index (χ3v) is 5.29. The molecule has 0 fully saturated rings. The van der Waals surface area contributed by atoms with Crippen LogP contribution in [0.25, 0.3) is 0 Å². The molecule has 3 N–H and O–H groups in total. The van der Waals surface area contributed by atoms with E-state index in [-0.39, 0.29) is 19.3 Å². The van der Waals surface area contributed by atoms with Crippen LogP contribution in [0, 0.1) is 10.1 Å². The van der Waals surface area contributed by atoms with Gasteiger partial charge in [-0.15, -0.1) is 0 Å². The average molecular weight is 533 g/mol. The number of ether oxygens (including phenoxy) is 3. The van der Waals surface area contributed by atoms with E-state index in [2.05, 4.69) is 16.0 Å². The van der Waals surface area contributed by atoms with Crippen molar-refractivity contribution in [3.05, 3.63) is 10.1 Å². The summed E-state index contributed by atoms with van der Waals surface area (Å²) in [5.74, 6) is 0. The van der Waals surface area contributed by atoms with E-state index in [1.807, 2.05) is 0 Å². The van der Waals surface area contributed by atoms with E-state index in [1.54, 1.807) is 83.1 Å². The second-order valence-electron chi connectivity index (χ2n) is 12.0. The molecule has 216 valence electrons. The summed E-state index contributed by atoms with van der Waals surface area (Å²) in [6, 6.07) is -3.47. The van der Waals surface area contributed by atoms with Crippen molar-refractivity contribution in [1.82, 2.24) is 16.0 Å². The van der Waals surface area contributed by atoms with Crippen LogP contribution in [0.5, 0.6) is 0 Å². The van der Waals surface area contributed by atoms with Gasteiger partial charge in [0.1, 0.15) is 34.9 Å². The molecule has 0 spiro atoms. The zero-order chi connectivity index (χ0) is 29.4. The third-order valence-electron chi connectivity index (χ3n) is 5.29. The molecule has 0 saturated heterocycles. The maximum absolute atomic E-state index is 13.1. The molecule has 12 nitrogen and oxygen atoms in total. The van der Waals surface area contributed by atoms with Crippen molar-refractivity contribution in [3.63, 3.8) is 0 Å². The SMILES string of the molecule is CCC(NC(=O)OC(C)(C)C)C(C(CC)NC(=O)OC(C)(C)C)(C(CC)NC(=O)OC(C)(C)C)[N+](=O)[O-]. The molecular weight excluding hydrogens is 484 g/mol. The van der Waals surface area contributed by atoms with Crippen LogP contribution < -0.4 is 16.0 Å². The average Bonchev–Trinajstić information content (AvgIpc) is 2.66. The van der Waals surface area contributed by atoms with Gasteiger partial charge in [-0.25, -0.2) is 14.4 Å². The predicted octanol–water partition coefficient (Wildman–Crippen LogP) is 4.91. The molecule has 3 atom stereocenters. The first-order valence-electron chi connectivity index (χ1n) is 12.8. The number of nitrogens with zero attached hydrogens (tertiary/aromatic N) is 1. The molecule has 0 radical (unpaired) electrons. The van der Waals surface area contributed by atoms with Gasteiger partial charge in [0.05, 0.1) is 0 Å². The lowest BCUT2D eigenvalue weighted by molar-refractivity contribution is -0.585. The monoisotopic (exact) mass is 532 g/mol. The Kier molecular flexibility index (Phi) is 12.1. The number of nitrogens with one attached hydrogen (secondary N) is 3. The Morgan fingerprint density at radius 1 is 0.622 bits per heavy atom. The Balaban J connectivity index is 6.81. The van der Waals surface area contributed by atoms with Crippen molar-refractivity contribution in [2.75, 3.05) is 0 Å². The molecule has 0 aliphatic carbocycles. The highest BCUT2D eigenvalue weighted by Gasteiger charge is 2.62. The maximum Gasteiger partial charge on any atom is 0.408 e. The predicted molar refractivity (Wildman–Crippen MR) is 140 cm³/mol. The number of hydrogen-bond acceptors (Lipinski definition) is 8. The normalized spacial score (nSPS) is 16.3. The number of carbonyl (C=O) groups is 3. The lowest BCUT2D eigenvalue weighted by atomic mass is 9.73. The van der Waals surface area contributed by atoms with Gasteiger partial charge in [0.2, 0.25) is 0 Å². The van der Waals surface area contributed by atoms with Crippen molar-refractivity contribution in [3.8, 4) is 0 Å². The van der Waals surface area contributed by atoms with Crippen LogP contribution in [0.1, 0.15) is 102 Å². The lowest BCUT2D eigenvalue weighted by Crippen LogP contribution is -2.75. The Bertz CT molecular complexity index is 703. The molecular formula is C25H48N4O8. The number of nitro groups is 1. The molecule has 37 heavy (non-hydrogen) atoms. The number of carbonyl (C=O) groups excluding carboxylic acids is 3. The molecule has 0 heterocycles. The molecule has 3 amide bonds. The first kappa shape index (κ1) is 34.2. The van der Waals surface area contributed by atoms with Crippen molar-refractivity contribution in [1.29, 1.82) is 0 Å². The summed E-state index contributed by atoms with van der Waals surface area (Å²) in [4.78, 5) is 50.8. The summed E-state index contributed by atoms with van der Waals surface area (Å²) >= 11 is 0. The van der Waals surface area contributed by atoms with E-state index in [0.717, 1.165) is 0 Å². The van der Waals surface area contributed by atoms with Crippen molar-refractivity contribution < 1.29 is 33.5 Å². The quantitative estimate of drug-likeness (QED) is 0.203. The van der Waals surface area contributed by atoms with Gasteiger partial charge < -0.3 is 30.2 Å². The van der Waals surface area contributed by atoms with Crippen LogP contribution in [0.15, 0.2) is 0 Å². The molecule has 0 bridgehead atoms. The van der Waals surface area contributed by atoms with Gasteiger partial charge in [-0.2, -0.15) is 0 Å². The molecule has 12 heteroatoms. The summed E-state index contributed by atoms with van der Waals surface area (Å²) in [6.07, 6.45) is -2.28. The first-order valence-corrected chi connectivity index (χ1v) is 12.8. The van der Waals surface area contributed by atoms with E-state index in [4.69, 9.17) is 14.2 Å². The minimum atomic E-state index is -2.09. The molecule has 0 aliphatic heterocycles. The highest BCUT2D eigenvalue weighted by Crippen LogP contribution is 2.32. The molecule has 0 aromatic rings. The van der Waals surface area contributed by atoms with Gasteiger partial charge in [-0.3, -0.25) is 10.1 Å². The molecule has 3 unspecified atom stereocenters. The standard InChI is InChI=1S/C25H48N4O8/c1-13-16(26-19(30)35-22(4,5)6)25(29(33)34,17(14-2)27-20(31)36-23(7,8)9)18(15-3)28-21(32)37-24(10,11)12/h16-18H,13-15H2,1-12H3,(H,26,30)(H,27,31)(H,28,32). The largest absolute Gasteiger partial charge is 0.444 e. The van der Waals surface area contributed by atoms with Crippen LogP contribution in [0.4, 0.5) is 14.4 Å². The van der Waals surface area contributed by atoms with E-state index < -0.39 is 63.7 Å².